The molecule has 0 aliphatic rings. The van der Waals surface area contributed by atoms with Crippen molar-refractivity contribution in [1.82, 2.24) is 5.32 Å². The molecule has 1 rings (SSSR count). The summed E-state index contributed by atoms with van der Waals surface area (Å²) < 4.78 is 50.9. The molecule has 4 nitrogen and oxygen atoms in total. The Morgan fingerprint density at radius 3 is 2.38 bits per heavy atom. The second kappa shape index (κ2) is 5.94. The van der Waals surface area contributed by atoms with Crippen LogP contribution in [0.4, 0.5) is 17.6 Å². The maximum Gasteiger partial charge on any atom is 0.422 e. The Morgan fingerprint density at radius 2 is 1.90 bits per heavy atom. The molecule has 1 aromatic carbocycles. The van der Waals surface area contributed by atoms with Crippen LogP contribution < -0.4 is 5.32 Å². The minimum atomic E-state index is -5.17. The lowest BCUT2D eigenvalue weighted by Crippen LogP contribution is -2.61. The van der Waals surface area contributed by atoms with E-state index >= 15 is 0 Å². The van der Waals surface area contributed by atoms with Crippen LogP contribution in [-0.4, -0.2) is 28.7 Å². The van der Waals surface area contributed by atoms with Gasteiger partial charge in [-0.15, -0.1) is 0 Å². The third-order valence-corrected chi connectivity index (χ3v) is 2.64. The molecule has 0 aliphatic carbocycles. The van der Waals surface area contributed by atoms with Crippen LogP contribution in [0, 0.1) is 5.82 Å². The van der Waals surface area contributed by atoms with Gasteiger partial charge in [-0.3, -0.25) is 4.79 Å². The van der Waals surface area contributed by atoms with Crippen LogP contribution in [0.25, 0.3) is 6.08 Å². The maximum atomic E-state index is 12.9. The van der Waals surface area contributed by atoms with E-state index in [4.69, 9.17) is 5.11 Å². The molecule has 1 atom stereocenters. The Balaban J connectivity index is 2.87. The fourth-order valence-electron chi connectivity index (χ4n) is 1.32. The van der Waals surface area contributed by atoms with Gasteiger partial charge < -0.3 is 10.4 Å². The molecule has 0 heterocycles. The van der Waals surface area contributed by atoms with E-state index in [2.05, 4.69) is 0 Å². The van der Waals surface area contributed by atoms with E-state index in [9.17, 15) is 27.2 Å². The first kappa shape index (κ1) is 16.7. The lowest BCUT2D eigenvalue weighted by atomic mass is 10.0. The third-order valence-electron chi connectivity index (χ3n) is 2.64. The smallest absolute Gasteiger partial charge is 0.422 e. The number of carbonyl (C=O) groups is 2. The fourth-order valence-corrected chi connectivity index (χ4v) is 1.32. The van der Waals surface area contributed by atoms with E-state index in [0.29, 0.717) is 13.0 Å². The van der Waals surface area contributed by atoms with Crippen LogP contribution in [0.3, 0.4) is 0 Å². The first-order chi connectivity index (χ1) is 9.56. The topological polar surface area (TPSA) is 66.4 Å². The predicted octanol–water partition coefficient (Wildman–Crippen LogP) is 2.36. The first-order valence-corrected chi connectivity index (χ1v) is 5.62. The molecule has 1 amide bonds. The molecular weight excluding hydrogens is 294 g/mol. The van der Waals surface area contributed by atoms with Crippen molar-refractivity contribution >= 4 is 18.0 Å². The molecule has 1 unspecified atom stereocenters. The zero-order chi connectivity index (χ0) is 16.3. The molecule has 0 spiro atoms. The molecule has 0 saturated carbocycles. The number of nitrogens with one attached hydrogen (secondary N) is 1. The highest BCUT2D eigenvalue weighted by Gasteiger charge is 2.58. The van der Waals surface area contributed by atoms with E-state index in [1.807, 2.05) is 0 Å². The van der Waals surface area contributed by atoms with Gasteiger partial charge in [-0.25, -0.2) is 9.18 Å². The Labute approximate surface area is 117 Å². The summed E-state index contributed by atoms with van der Waals surface area (Å²) >= 11 is 0. The second-order valence-electron chi connectivity index (χ2n) is 4.31. The maximum absolute atomic E-state index is 12.9. The Hall–Kier alpha value is -2.38. The number of halogens is 4. The van der Waals surface area contributed by atoms with Gasteiger partial charge in [0.05, 0.1) is 0 Å². The van der Waals surface area contributed by atoms with Crippen molar-refractivity contribution < 1.29 is 32.3 Å². The predicted molar refractivity (Wildman–Crippen MR) is 65.7 cm³/mol. The summed E-state index contributed by atoms with van der Waals surface area (Å²) in [6.45, 7) is 0.337. The van der Waals surface area contributed by atoms with Gasteiger partial charge in [0.1, 0.15) is 5.82 Å². The summed E-state index contributed by atoms with van der Waals surface area (Å²) in [6, 6.07) is 4.99. The van der Waals surface area contributed by atoms with Gasteiger partial charge in [-0.1, -0.05) is 12.1 Å². The molecule has 0 saturated heterocycles. The number of carboxylic acid groups (broad SMARTS) is 1. The average Bonchev–Trinajstić information content (AvgIpc) is 2.34. The van der Waals surface area contributed by atoms with Crippen molar-refractivity contribution in [3.8, 4) is 0 Å². The second-order valence-corrected chi connectivity index (χ2v) is 4.31. The number of amides is 1. The monoisotopic (exact) mass is 305 g/mol. The van der Waals surface area contributed by atoms with Crippen molar-refractivity contribution in [3.05, 3.63) is 41.7 Å². The van der Waals surface area contributed by atoms with Gasteiger partial charge >= 0.3 is 12.1 Å². The molecule has 2 N–H and O–H groups in total. The number of hydrogen-bond donors (Lipinski definition) is 2. The zero-order valence-corrected chi connectivity index (χ0v) is 10.7. The number of rotatable bonds is 4. The molecule has 21 heavy (non-hydrogen) atoms. The number of alkyl halides is 3. The first-order valence-electron chi connectivity index (χ1n) is 5.62. The molecule has 0 aromatic heterocycles. The highest BCUT2D eigenvalue weighted by Crippen LogP contribution is 2.30. The van der Waals surface area contributed by atoms with Crippen molar-refractivity contribution in [1.29, 1.82) is 0 Å². The minimum Gasteiger partial charge on any atom is -0.479 e. The van der Waals surface area contributed by atoms with Crippen LogP contribution in [0.1, 0.15) is 12.5 Å². The van der Waals surface area contributed by atoms with Crippen molar-refractivity contribution in [2.75, 3.05) is 0 Å². The van der Waals surface area contributed by atoms with Gasteiger partial charge in [-0.05, 0) is 30.7 Å². The molecule has 0 aliphatic heterocycles. The highest BCUT2D eigenvalue weighted by atomic mass is 19.4. The largest absolute Gasteiger partial charge is 0.479 e. The van der Waals surface area contributed by atoms with Gasteiger partial charge in [0.15, 0.2) is 0 Å². The minimum absolute atomic E-state index is 0.245. The molecule has 0 bridgehead atoms. The van der Waals surface area contributed by atoms with Crippen molar-refractivity contribution in [2.24, 2.45) is 0 Å². The quantitative estimate of drug-likeness (QED) is 0.663. The van der Waals surface area contributed by atoms with Crippen molar-refractivity contribution in [3.63, 3.8) is 0 Å². The molecule has 1 aromatic rings. The molecule has 114 valence electrons. The molecule has 0 radical (unpaired) electrons. The van der Waals surface area contributed by atoms with Gasteiger partial charge in [0.25, 0.3) is 0 Å². The van der Waals surface area contributed by atoms with Crippen LogP contribution >= 0.6 is 0 Å². The summed E-state index contributed by atoms with van der Waals surface area (Å²) in [7, 11) is 0. The van der Waals surface area contributed by atoms with Gasteiger partial charge in [-0.2, -0.15) is 13.2 Å². The summed E-state index contributed by atoms with van der Waals surface area (Å²) in [6.07, 6.45) is -3.40. The fraction of sp³-hybridized carbons (Fsp3) is 0.231. The Kier molecular flexibility index (Phi) is 4.72. The van der Waals surface area contributed by atoms with Crippen LogP contribution in [0.2, 0.25) is 0 Å². The SMILES string of the molecule is CC(NC(=O)C=Cc1cccc(F)c1)(C(=O)O)C(F)(F)F. The van der Waals surface area contributed by atoms with Crippen LogP contribution in [0.15, 0.2) is 30.3 Å². The lowest BCUT2D eigenvalue weighted by Gasteiger charge is -2.27. The lowest BCUT2D eigenvalue weighted by molar-refractivity contribution is -0.206. The standard InChI is InChI=1S/C13H11F4NO3/c1-12(11(20)21,13(15,16)17)18-10(19)6-5-8-3-2-4-9(14)7-8/h2-7H,1H3,(H,18,19)(H,20,21). The summed E-state index contributed by atoms with van der Waals surface area (Å²) in [5, 5.41) is 10.0. The van der Waals surface area contributed by atoms with E-state index in [0.717, 1.165) is 18.2 Å². The Morgan fingerprint density at radius 1 is 1.29 bits per heavy atom. The number of benzene rings is 1. The molecular formula is C13H11F4NO3. The normalized spacial score (nSPS) is 14.7. The third kappa shape index (κ3) is 4.04. The van der Waals surface area contributed by atoms with Crippen LogP contribution in [-0.2, 0) is 9.59 Å². The van der Waals surface area contributed by atoms with E-state index in [-0.39, 0.29) is 5.56 Å². The summed E-state index contributed by atoms with van der Waals surface area (Å²) in [4.78, 5) is 22.1. The number of carbonyl (C=O) groups excluding carboxylic acids is 1. The highest BCUT2D eigenvalue weighted by molar-refractivity contribution is 5.96. The van der Waals surface area contributed by atoms with E-state index in [1.165, 1.54) is 17.4 Å². The average molecular weight is 305 g/mol. The summed E-state index contributed by atoms with van der Waals surface area (Å²) in [5.41, 5.74) is -3.16. The van der Waals surface area contributed by atoms with Crippen LogP contribution in [0.5, 0.6) is 0 Å². The molecule has 0 fully saturated rings. The van der Waals surface area contributed by atoms with Crippen molar-refractivity contribution in [2.45, 2.75) is 18.6 Å². The number of carboxylic acids is 1. The zero-order valence-electron chi connectivity index (χ0n) is 10.7. The van der Waals surface area contributed by atoms with Gasteiger partial charge in [0, 0.05) is 6.08 Å². The van der Waals surface area contributed by atoms with Gasteiger partial charge in [0.2, 0.25) is 11.4 Å². The summed E-state index contributed by atoms with van der Waals surface area (Å²) in [5.74, 6) is -4.08. The molecule has 8 heteroatoms. The number of aliphatic carboxylic acids is 1. The Bertz CT molecular complexity index is 583. The van der Waals surface area contributed by atoms with E-state index < -0.39 is 29.4 Å². The number of hydrogen-bond acceptors (Lipinski definition) is 2. The van der Waals surface area contributed by atoms with E-state index in [1.54, 1.807) is 0 Å².